The van der Waals surface area contributed by atoms with E-state index in [9.17, 15) is 14.7 Å². The summed E-state index contributed by atoms with van der Waals surface area (Å²) in [5.41, 5.74) is -0.0398. The van der Waals surface area contributed by atoms with Crippen LogP contribution in [0.1, 0.15) is 6.42 Å². The quantitative estimate of drug-likeness (QED) is 0.693. The lowest BCUT2D eigenvalue weighted by molar-refractivity contribution is 0.0375. The first-order chi connectivity index (χ1) is 10.6. The van der Waals surface area contributed by atoms with E-state index in [1.54, 1.807) is 0 Å². The minimum Gasteiger partial charge on any atom is -0.504 e. The maximum absolute atomic E-state index is 11.7. The van der Waals surface area contributed by atoms with Crippen molar-refractivity contribution in [1.82, 2.24) is 10.2 Å². The van der Waals surface area contributed by atoms with Gasteiger partial charge in [0.2, 0.25) is 5.43 Å². The fourth-order valence-electron chi connectivity index (χ4n) is 2.15. The molecule has 0 aromatic heterocycles. The molecule has 1 saturated heterocycles. The summed E-state index contributed by atoms with van der Waals surface area (Å²) in [6.45, 7) is 4.92. The summed E-state index contributed by atoms with van der Waals surface area (Å²) in [6.07, 6.45) is 0.863. The zero-order valence-corrected chi connectivity index (χ0v) is 12.4. The molecule has 120 valence electrons. The zero-order chi connectivity index (χ0) is 15.8. The monoisotopic (exact) mass is 307 g/mol. The number of carbonyl (C=O) groups is 1. The van der Waals surface area contributed by atoms with E-state index >= 15 is 0 Å². The minimum absolute atomic E-state index is 0.333. The van der Waals surface area contributed by atoms with E-state index in [2.05, 4.69) is 15.5 Å². The molecule has 7 nitrogen and oxygen atoms in total. The Kier molecular flexibility index (Phi) is 6.17. The fourth-order valence-corrected chi connectivity index (χ4v) is 2.15. The van der Waals surface area contributed by atoms with Crippen LogP contribution in [-0.4, -0.2) is 55.4 Å². The van der Waals surface area contributed by atoms with E-state index in [4.69, 9.17) is 4.74 Å². The lowest BCUT2D eigenvalue weighted by Gasteiger charge is -2.26. The number of morpholine rings is 1. The van der Waals surface area contributed by atoms with Crippen LogP contribution in [0.4, 0.5) is 10.5 Å². The molecule has 0 spiro atoms. The van der Waals surface area contributed by atoms with Crippen LogP contribution in [-0.2, 0) is 4.74 Å². The van der Waals surface area contributed by atoms with Gasteiger partial charge in [0, 0.05) is 25.3 Å². The van der Waals surface area contributed by atoms with Crippen molar-refractivity contribution in [2.75, 3.05) is 44.7 Å². The van der Waals surface area contributed by atoms with Crippen molar-refractivity contribution in [2.24, 2.45) is 0 Å². The van der Waals surface area contributed by atoms with Crippen molar-refractivity contribution in [3.05, 3.63) is 34.5 Å². The Hall–Kier alpha value is -2.12. The number of aromatic hydroxyl groups is 1. The molecule has 1 fully saturated rings. The summed E-state index contributed by atoms with van der Waals surface area (Å²) in [6, 6.07) is 5.07. The first kappa shape index (κ1) is 16.3. The van der Waals surface area contributed by atoms with Gasteiger partial charge in [-0.15, -0.1) is 0 Å². The van der Waals surface area contributed by atoms with E-state index in [0.717, 1.165) is 39.3 Å². The topological polar surface area (TPSA) is 90.9 Å². The number of nitrogens with one attached hydrogen (secondary N) is 2. The van der Waals surface area contributed by atoms with Crippen LogP contribution in [0.3, 0.4) is 0 Å². The van der Waals surface area contributed by atoms with Crippen LogP contribution in [0.15, 0.2) is 29.1 Å². The Balaban J connectivity index is 1.69. The van der Waals surface area contributed by atoms with Crippen molar-refractivity contribution in [3.8, 4) is 5.75 Å². The van der Waals surface area contributed by atoms with Crippen molar-refractivity contribution in [1.29, 1.82) is 0 Å². The number of hydrogen-bond donors (Lipinski definition) is 3. The molecule has 1 aromatic rings. The molecule has 0 radical (unpaired) electrons. The van der Waals surface area contributed by atoms with E-state index in [1.807, 2.05) is 0 Å². The summed E-state index contributed by atoms with van der Waals surface area (Å²) in [7, 11) is 0. The van der Waals surface area contributed by atoms with Crippen LogP contribution in [0.2, 0.25) is 0 Å². The molecule has 1 aliphatic heterocycles. The Labute approximate surface area is 128 Å². The van der Waals surface area contributed by atoms with Crippen LogP contribution in [0.25, 0.3) is 0 Å². The molecule has 2 amide bonds. The van der Waals surface area contributed by atoms with Crippen LogP contribution in [0, 0.1) is 0 Å². The highest BCUT2D eigenvalue weighted by atomic mass is 16.5. The minimum atomic E-state index is -0.487. The summed E-state index contributed by atoms with van der Waals surface area (Å²) in [5.74, 6) is -0.348. The van der Waals surface area contributed by atoms with Gasteiger partial charge in [0.25, 0.3) is 0 Å². The number of urea groups is 1. The molecule has 1 heterocycles. The number of carbonyl (C=O) groups excluding carboxylic acids is 1. The number of rotatable bonds is 5. The maximum Gasteiger partial charge on any atom is 0.319 e. The smallest absolute Gasteiger partial charge is 0.319 e. The predicted octanol–water partition coefficient (Wildman–Crippen LogP) is 0.596. The fraction of sp³-hybridized carbons (Fsp3) is 0.467. The van der Waals surface area contributed by atoms with E-state index in [1.165, 1.54) is 24.3 Å². The van der Waals surface area contributed by atoms with Gasteiger partial charge in [-0.05, 0) is 37.2 Å². The first-order valence-electron chi connectivity index (χ1n) is 7.33. The lowest BCUT2D eigenvalue weighted by atomic mass is 10.3. The molecule has 0 bridgehead atoms. The predicted molar refractivity (Wildman–Crippen MR) is 83.3 cm³/mol. The van der Waals surface area contributed by atoms with Gasteiger partial charge in [-0.1, -0.05) is 0 Å². The Morgan fingerprint density at radius 1 is 1.23 bits per heavy atom. The summed E-state index contributed by atoms with van der Waals surface area (Å²) in [4.78, 5) is 25.3. The third kappa shape index (κ3) is 5.34. The number of nitrogens with zero attached hydrogens (tertiary/aromatic N) is 1. The number of anilines is 1. The normalized spacial score (nSPS) is 15.3. The second-order valence-corrected chi connectivity index (χ2v) is 5.06. The molecular weight excluding hydrogens is 286 g/mol. The summed E-state index contributed by atoms with van der Waals surface area (Å²) in [5, 5.41) is 14.7. The largest absolute Gasteiger partial charge is 0.504 e. The second-order valence-electron chi connectivity index (χ2n) is 5.06. The summed E-state index contributed by atoms with van der Waals surface area (Å²) < 4.78 is 5.27. The lowest BCUT2D eigenvalue weighted by Crippen LogP contribution is -2.38. The van der Waals surface area contributed by atoms with Crippen molar-refractivity contribution >= 4 is 11.7 Å². The average Bonchev–Trinajstić information content (AvgIpc) is 2.68. The average molecular weight is 307 g/mol. The second kappa shape index (κ2) is 8.35. The maximum atomic E-state index is 11.7. The number of hydrogen-bond acceptors (Lipinski definition) is 5. The Morgan fingerprint density at radius 2 is 1.95 bits per heavy atom. The van der Waals surface area contributed by atoms with Gasteiger partial charge >= 0.3 is 6.03 Å². The molecule has 0 atom stereocenters. The Morgan fingerprint density at radius 3 is 2.73 bits per heavy atom. The molecular formula is C15H21N3O4. The van der Waals surface area contributed by atoms with Crippen LogP contribution in [0.5, 0.6) is 5.75 Å². The van der Waals surface area contributed by atoms with Crippen molar-refractivity contribution < 1.29 is 14.6 Å². The van der Waals surface area contributed by atoms with Crippen LogP contribution < -0.4 is 16.1 Å². The van der Waals surface area contributed by atoms with E-state index in [0.29, 0.717) is 12.2 Å². The highest BCUT2D eigenvalue weighted by molar-refractivity contribution is 5.89. The SMILES string of the molecule is O=C(NCCCN1CCOCC1)Nc1ccc(O)c(=O)cc1. The first-order valence-corrected chi connectivity index (χ1v) is 7.33. The molecule has 1 aromatic carbocycles. The van der Waals surface area contributed by atoms with Gasteiger partial charge in [-0.3, -0.25) is 9.69 Å². The van der Waals surface area contributed by atoms with Gasteiger partial charge in [0.05, 0.1) is 13.2 Å². The van der Waals surface area contributed by atoms with Gasteiger partial charge in [0.15, 0.2) is 5.75 Å². The van der Waals surface area contributed by atoms with Gasteiger partial charge in [-0.25, -0.2) is 4.79 Å². The number of ether oxygens (including phenoxy) is 1. The van der Waals surface area contributed by atoms with Crippen molar-refractivity contribution in [3.63, 3.8) is 0 Å². The van der Waals surface area contributed by atoms with E-state index in [-0.39, 0.29) is 11.8 Å². The highest BCUT2D eigenvalue weighted by Crippen LogP contribution is 2.06. The molecule has 22 heavy (non-hydrogen) atoms. The third-order valence-corrected chi connectivity index (χ3v) is 3.39. The molecule has 1 aliphatic rings. The van der Waals surface area contributed by atoms with Crippen LogP contribution >= 0.6 is 0 Å². The van der Waals surface area contributed by atoms with Gasteiger partial charge < -0.3 is 20.5 Å². The standard InChI is InChI=1S/C15H21N3O4/c19-13-4-2-12(3-5-14(13)20)17-15(21)16-6-1-7-18-8-10-22-11-9-18/h2-5H,1,6-11H2,(H,19,20)(H2,16,17,21). The van der Waals surface area contributed by atoms with E-state index < -0.39 is 5.43 Å². The van der Waals surface area contributed by atoms with Gasteiger partial charge in [-0.2, -0.15) is 0 Å². The Bertz CT molecular complexity index is 559. The molecule has 0 unspecified atom stereocenters. The third-order valence-electron chi connectivity index (χ3n) is 3.39. The molecule has 2 rings (SSSR count). The summed E-state index contributed by atoms with van der Waals surface area (Å²) >= 11 is 0. The zero-order valence-electron chi connectivity index (χ0n) is 12.4. The highest BCUT2D eigenvalue weighted by Gasteiger charge is 2.09. The van der Waals surface area contributed by atoms with Gasteiger partial charge in [0.1, 0.15) is 0 Å². The number of amides is 2. The molecule has 7 heteroatoms. The molecule has 0 saturated carbocycles. The molecule has 3 N–H and O–H groups in total. The van der Waals surface area contributed by atoms with Crippen molar-refractivity contribution in [2.45, 2.75) is 6.42 Å². The molecule has 0 aliphatic carbocycles.